The summed E-state index contributed by atoms with van der Waals surface area (Å²) in [5, 5.41) is 6.42. The van der Waals surface area contributed by atoms with Gasteiger partial charge in [-0.3, -0.25) is 4.99 Å². The zero-order chi connectivity index (χ0) is 16.1. The summed E-state index contributed by atoms with van der Waals surface area (Å²) in [5.41, 5.74) is 0. The van der Waals surface area contributed by atoms with Crippen molar-refractivity contribution in [2.75, 3.05) is 38.8 Å². The quantitative estimate of drug-likeness (QED) is 0.339. The molecule has 0 aromatic heterocycles. The Labute approximate surface area is 129 Å². The molecule has 0 spiro atoms. The van der Waals surface area contributed by atoms with Crippen molar-refractivity contribution in [1.82, 2.24) is 10.6 Å². The lowest BCUT2D eigenvalue weighted by Gasteiger charge is -2.17. The number of hydrogen-bond donors (Lipinski definition) is 2. The zero-order valence-electron chi connectivity index (χ0n) is 13.8. The molecule has 0 amide bonds. The third kappa shape index (κ3) is 13.9. The fourth-order valence-electron chi connectivity index (χ4n) is 1.74. The molecule has 0 aromatic carbocycles. The number of sulfone groups is 1. The fourth-order valence-corrected chi connectivity index (χ4v) is 2.52. The summed E-state index contributed by atoms with van der Waals surface area (Å²) in [4.78, 5) is 4.50. The average molecular weight is 321 g/mol. The number of guanidine groups is 1. The first-order chi connectivity index (χ1) is 9.89. The number of unbranched alkanes of at least 4 members (excludes halogenated alkanes) is 2. The lowest BCUT2D eigenvalue weighted by atomic mass is 10.2. The molecule has 0 heterocycles. The molecular weight excluding hydrogens is 290 g/mol. The molecule has 0 aliphatic carbocycles. The van der Waals surface area contributed by atoms with Gasteiger partial charge in [-0.15, -0.1) is 0 Å². The van der Waals surface area contributed by atoms with Crippen LogP contribution in [0.2, 0.25) is 0 Å². The third-order valence-corrected chi connectivity index (χ3v) is 3.90. The van der Waals surface area contributed by atoms with E-state index in [1.807, 2.05) is 13.8 Å². The highest BCUT2D eigenvalue weighted by molar-refractivity contribution is 7.90. The minimum Gasteiger partial charge on any atom is -0.385 e. The van der Waals surface area contributed by atoms with E-state index in [0.717, 1.165) is 44.9 Å². The van der Waals surface area contributed by atoms with Crippen LogP contribution >= 0.6 is 0 Å². The number of methoxy groups -OCH3 is 1. The van der Waals surface area contributed by atoms with Crippen LogP contribution in [0.5, 0.6) is 0 Å². The van der Waals surface area contributed by atoms with E-state index in [4.69, 9.17) is 4.74 Å². The number of nitrogens with zero attached hydrogens (tertiary/aromatic N) is 1. The second-order valence-electron chi connectivity index (χ2n) is 5.28. The molecule has 1 unspecified atom stereocenters. The monoisotopic (exact) mass is 321 g/mol. The minimum absolute atomic E-state index is 0.0750. The van der Waals surface area contributed by atoms with Gasteiger partial charge in [-0.2, -0.15) is 0 Å². The summed E-state index contributed by atoms with van der Waals surface area (Å²) in [7, 11) is -1.20. The van der Waals surface area contributed by atoms with Gasteiger partial charge in [-0.1, -0.05) is 0 Å². The Hall–Kier alpha value is -0.820. The largest absolute Gasteiger partial charge is 0.385 e. The van der Waals surface area contributed by atoms with Crippen LogP contribution in [0.1, 0.15) is 39.5 Å². The van der Waals surface area contributed by atoms with E-state index in [2.05, 4.69) is 15.6 Å². The molecule has 0 saturated heterocycles. The summed E-state index contributed by atoms with van der Waals surface area (Å²) in [6, 6.07) is 0.0750. The van der Waals surface area contributed by atoms with E-state index in [1.165, 1.54) is 6.26 Å². The molecule has 6 nitrogen and oxygen atoms in total. The molecule has 0 aliphatic rings. The van der Waals surface area contributed by atoms with Crippen LogP contribution < -0.4 is 10.6 Å². The average Bonchev–Trinajstić information content (AvgIpc) is 2.40. The van der Waals surface area contributed by atoms with Gasteiger partial charge in [0.1, 0.15) is 9.84 Å². The molecule has 21 heavy (non-hydrogen) atoms. The van der Waals surface area contributed by atoms with Crippen LogP contribution in [0.25, 0.3) is 0 Å². The van der Waals surface area contributed by atoms with E-state index >= 15 is 0 Å². The predicted octanol–water partition coefficient (Wildman–Crippen LogP) is 1.18. The Morgan fingerprint density at radius 1 is 1.29 bits per heavy atom. The normalized spacial score (nSPS) is 14.0. The second kappa shape index (κ2) is 11.8. The third-order valence-electron chi connectivity index (χ3n) is 2.93. The number of rotatable bonds is 11. The van der Waals surface area contributed by atoms with Crippen molar-refractivity contribution in [3.05, 3.63) is 0 Å². The van der Waals surface area contributed by atoms with E-state index in [9.17, 15) is 8.42 Å². The van der Waals surface area contributed by atoms with Crippen molar-refractivity contribution in [3.8, 4) is 0 Å². The Kier molecular flexibility index (Phi) is 11.3. The standard InChI is InChI=1S/C14H31N3O3S/c1-5-15-14(16-10-7-6-8-11-20-3)17-13(2)9-12-21(4,18)19/h13H,5-12H2,1-4H3,(H2,15,16,17). The zero-order valence-corrected chi connectivity index (χ0v) is 14.6. The van der Waals surface area contributed by atoms with Crippen molar-refractivity contribution in [2.45, 2.75) is 45.6 Å². The van der Waals surface area contributed by atoms with Crippen molar-refractivity contribution in [2.24, 2.45) is 4.99 Å². The van der Waals surface area contributed by atoms with E-state index in [-0.39, 0.29) is 11.8 Å². The SMILES string of the molecule is CCNC(=NCCCCCOC)NC(C)CCS(C)(=O)=O. The highest BCUT2D eigenvalue weighted by Gasteiger charge is 2.09. The molecule has 126 valence electrons. The minimum atomic E-state index is -2.91. The molecule has 0 fully saturated rings. The van der Waals surface area contributed by atoms with E-state index in [1.54, 1.807) is 7.11 Å². The molecule has 0 aliphatic heterocycles. The maximum absolute atomic E-state index is 11.2. The Morgan fingerprint density at radius 2 is 2.00 bits per heavy atom. The maximum atomic E-state index is 11.2. The first-order valence-corrected chi connectivity index (χ1v) is 9.66. The van der Waals surface area contributed by atoms with Gasteiger partial charge in [0, 0.05) is 39.1 Å². The van der Waals surface area contributed by atoms with Gasteiger partial charge in [-0.05, 0) is 39.5 Å². The van der Waals surface area contributed by atoms with Crippen LogP contribution in [0, 0.1) is 0 Å². The van der Waals surface area contributed by atoms with E-state index in [0.29, 0.717) is 6.42 Å². The number of aliphatic imine (C=N–C) groups is 1. The van der Waals surface area contributed by atoms with Crippen LogP contribution in [0.15, 0.2) is 4.99 Å². The van der Waals surface area contributed by atoms with Gasteiger partial charge in [0.25, 0.3) is 0 Å². The summed E-state index contributed by atoms with van der Waals surface area (Å²) in [6.07, 6.45) is 5.02. The fraction of sp³-hybridized carbons (Fsp3) is 0.929. The van der Waals surface area contributed by atoms with Crippen molar-refractivity contribution in [1.29, 1.82) is 0 Å². The number of nitrogens with one attached hydrogen (secondary N) is 2. The highest BCUT2D eigenvalue weighted by atomic mass is 32.2. The molecule has 0 radical (unpaired) electrons. The molecular formula is C14H31N3O3S. The van der Waals surface area contributed by atoms with Crippen molar-refractivity contribution in [3.63, 3.8) is 0 Å². The maximum Gasteiger partial charge on any atom is 0.191 e. The number of ether oxygens (including phenoxy) is 1. The highest BCUT2D eigenvalue weighted by Crippen LogP contribution is 1.97. The molecule has 0 aromatic rings. The Balaban J connectivity index is 4.09. The van der Waals surface area contributed by atoms with Crippen LogP contribution in [-0.4, -0.2) is 59.2 Å². The molecule has 0 saturated carbocycles. The summed E-state index contributed by atoms with van der Waals surface area (Å²) in [5.74, 6) is 0.947. The van der Waals surface area contributed by atoms with Crippen LogP contribution in [0.4, 0.5) is 0 Å². The van der Waals surface area contributed by atoms with E-state index < -0.39 is 9.84 Å². The van der Waals surface area contributed by atoms with Crippen LogP contribution in [-0.2, 0) is 14.6 Å². The summed E-state index contributed by atoms with van der Waals surface area (Å²) < 4.78 is 27.3. The van der Waals surface area contributed by atoms with Crippen LogP contribution in [0.3, 0.4) is 0 Å². The van der Waals surface area contributed by atoms with Gasteiger partial charge in [0.05, 0.1) is 5.75 Å². The molecule has 0 bridgehead atoms. The molecule has 1 atom stereocenters. The predicted molar refractivity (Wildman–Crippen MR) is 88.6 cm³/mol. The van der Waals surface area contributed by atoms with Gasteiger partial charge >= 0.3 is 0 Å². The first-order valence-electron chi connectivity index (χ1n) is 7.60. The topological polar surface area (TPSA) is 79.8 Å². The van der Waals surface area contributed by atoms with Gasteiger partial charge in [-0.25, -0.2) is 8.42 Å². The second-order valence-corrected chi connectivity index (χ2v) is 7.54. The van der Waals surface area contributed by atoms with Crippen molar-refractivity contribution < 1.29 is 13.2 Å². The van der Waals surface area contributed by atoms with Gasteiger partial charge < -0.3 is 15.4 Å². The molecule has 2 N–H and O–H groups in total. The Bertz CT molecular complexity index is 383. The summed E-state index contributed by atoms with van der Waals surface area (Å²) in [6.45, 7) is 6.32. The smallest absolute Gasteiger partial charge is 0.191 e. The van der Waals surface area contributed by atoms with Gasteiger partial charge in [0.2, 0.25) is 0 Å². The van der Waals surface area contributed by atoms with Crippen molar-refractivity contribution >= 4 is 15.8 Å². The lowest BCUT2D eigenvalue weighted by Crippen LogP contribution is -2.42. The molecule has 7 heteroatoms. The summed E-state index contributed by atoms with van der Waals surface area (Å²) >= 11 is 0. The molecule has 0 rings (SSSR count). The number of hydrogen-bond acceptors (Lipinski definition) is 4. The first kappa shape index (κ1) is 20.2. The van der Waals surface area contributed by atoms with Gasteiger partial charge in [0.15, 0.2) is 5.96 Å². The lowest BCUT2D eigenvalue weighted by molar-refractivity contribution is 0.192. The Morgan fingerprint density at radius 3 is 2.57 bits per heavy atom.